The van der Waals surface area contributed by atoms with Crippen LogP contribution >= 0.6 is 0 Å². The minimum atomic E-state index is 0.306. The monoisotopic (exact) mass is 105 g/mol. The number of nitrogens with two attached hydrogens (primary N) is 1. The summed E-state index contributed by atoms with van der Waals surface area (Å²) in [5.41, 5.74) is 4.50. The fourth-order valence-corrected chi connectivity index (χ4v) is 0. The number of aliphatic hydroxyl groups excluding tert-OH is 1. The maximum atomic E-state index is 8.14. The average molecular weight is 105 g/mol. The Bertz CT molecular complexity index is 22.0. The van der Waals surface area contributed by atoms with E-state index in [0.29, 0.717) is 12.5 Å². The van der Waals surface area contributed by atoms with Crippen molar-refractivity contribution >= 4 is 0 Å². The van der Waals surface area contributed by atoms with Crippen LogP contribution in [0.1, 0.15) is 13.8 Å². The van der Waals surface area contributed by atoms with Gasteiger partial charge in [0, 0.05) is 6.61 Å². The van der Waals surface area contributed by atoms with Crippen molar-refractivity contribution in [2.75, 3.05) is 13.7 Å². The summed E-state index contributed by atoms with van der Waals surface area (Å²) in [7, 11) is 1.50. The second kappa shape index (κ2) is 9.33. The van der Waals surface area contributed by atoms with Gasteiger partial charge in [0.25, 0.3) is 0 Å². The summed E-state index contributed by atoms with van der Waals surface area (Å²) in [6.07, 6.45) is 0. The van der Waals surface area contributed by atoms with Crippen LogP contribution in [0.4, 0.5) is 0 Å². The Hall–Kier alpha value is -0.0800. The van der Waals surface area contributed by atoms with E-state index >= 15 is 0 Å². The van der Waals surface area contributed by atoms with Gasteiger partial charge in [-0.3, -0.25) is 0 Å². The van der Waals surface area contributed by atoms with Crippen molar-refractivity contribution in [2.24, 2.45) is 11.7 Å². The average Bonchev–Trinajstić information content (AvgIpc) is 1.73. The molecule has 0 rings (SSSR count). The molecule has 0 amide bonds. The highest BCUT2D eigenvalue weighted by molar-refractivity contribution is 4.32. The van der Waals surface area contributed by atoms with Gasteiger partial charge in [-0.15, -0.1) is 0 Å². The van der Waals surface area contributed by atoms with Crippen molar-refractivity contribution in [3.05, 3.63) is 0 Å². The molecule has 0 heterocycles. The van der Waals surface area contributed by atoms with Crippen molar-refractivity contribution in [3.8, 4) is 0 Å². The molecule has 0 saturated heterocycles. The van der Waals surface area contributed by atoms with Gasteiger partial charge in [-0.05, 0) is 13.0 Å². The SMILES string of the molecule is CC(C)CO.CN. The van der Waals surface area contributed by atoms with Crippen molar-refractivity contribution in [1.29, 1.82) is 0 Å². The summed E-state index contributed by atoms with van der Waals surface area (Å²) in [4.78, 5) is 0. The van der Waals surface area contributed by atoms with Crippen LogP contribution in [-0.4, -0.2) is 18.8 Å². The Morgan fingerprint density at radius 3 is 1.57 bits per heavy atom. The molecule has 0 bridgehead atoms. The maximum Gasteiger partial charge on any atom is 0.0453 e. The highest BCUT2D eigenvalue weighted by Gasteiger charge is 1.81. The Kier molecular flexibility index (Phi) is 13.3. The predicted molar refractivity (Wildman–Crippen MR) is 32.0 cm³/mol. The molecule has 0 aliphatic rings. The van der Waals surface area contributed by atoms with Gasteiger partial charge in [-0.2, -0.15) is 0 Å². The molecule has 0 aromatic rings. The lowest BCUT2D eigenvalue weighted by Crippen LogP contribution is -1.90. The lowest BCUT2D eigenvalue weighted by atomic mass is 10.2. The molecule has 0 aliphatic heterocycles. The van der Waals surface area contributed by atoms with Crippen molar-refractivity contribution in [2.45, 2.75) is 13.8 Å². The van der Waals surface area contributed by atoms with Gasteiger partial charge in [0.1, 0.15) is 0 Å². The molecule has 0 unspecified atom stereocenters. The molecule has 0 fully saturated rings. The predicted octanol–water partition coefficient (Wildman–Crippen LogP) is 0.210. The van der Waals surface area contributed by atoms with Crippen LogP contribution in [0.15, 0.2) is 0 Å². The molecule has 0 aliphatic carbocycles. The zero-order chi connectivity index (χ0) is 6.28. The maximum absolute atomic E-state index is 8.14. The molecule has 0 radical (unpaired) electrons. The van der Waals surface area contributed by atoms with Crippen LogP contribution in [-0.2, 0) is 0 Å². The molecule has 2 nitrogen and oxygen atoms in total. The third kappa shape index (κ3) is 24.7. The summed E-state index contributed by atoms with van der Waals surface area (Å²) in [6, 6.07) is 0. The molecular formula is C5H15NO. The fourth-order valence-electron chi connectivity index (χ4n) is 0. The number of rotatable bonds is 1. The van der Waals surface area contributed by atoms with E-state index in [4.69, 9.17) is 5.11 Å². The van der Waals surface area contributed by atoms with Crippen molar-refractivity contribution < 1.29 is 5.11 Å². The zero-order valence-electron chi connectivity index (χ0n) is 5.31. The fraction of sp³-hybridized carbons (Fsp3) is 1.00. The summed E-state index contributed by atoms with van der Waals surface area (Å²) < 4.78 is 0. The molecule has 0 atom stereocenters. The molecule has 0 aromatic heterocycles. The Morgan fingerprint density at radius 2 is 1.57 bits per heavy atom. The van der Waals surface area contributed by atoms with Gasteiger partial charge >= 0.3 is 0 Å². The van der Waals surface area contributed by atoms with Gasteiger partial charge in [0.05, 0.1) is 0 Å². The molecule has 0 aromatic carbocycles. The molecule has 46 valence electrons. The number of hydrogen-bond acceptors (Lipinski definition) is 2. The minimum absolute atomic E-state index is 0.306. The molecular weight excluding hydrogens is 90.1 g/mol. The highest BCUT2D eigenvalue weighted by Crippen LogP contribution is 1.83. The van der Waals surface area contributed by atoms with Crippen LogP contribution in [0.5, 0.6) is 0 Å². The first-order valence-corrected chi connectivity index (χ1v) is 2.46. The zero-order valence-corrected chi connectivity index (χ0v) is 5.31. The lowest BCUT2D eigenvalue weighted by Gasteiger charge is -1.90. The smallest absolute Gasteiger partial charge is 0.0453 e. The van der Waals surface area contributed by atoms with Gasteiger partial charge in [0.15, 0.2) is 0 Å². The summed E-state index contributed by atoms with van der Waals surface area (Å²) in [5, 5.41) is 8.14. The van der Waals surface area contributed by atoms with E-state index in [1.807, 2.05) is 13.8 Å². The van der Waals surface area contributed by atoms with E-state index in [1.165, 1.54) is 7.05 Å². The Balaban J connectivity index is 0. The van der Waals surface area contributed by atoms with Crippen LogP contribution in [0.2, 0.25) is 0 Å². The van der Waals surface area contributed by atoms with E-state index in [1.54, 1.807) is 0 Å². The van der Waals surface area contributed by atoms with Gasteiger partial charge in [-0.25, -0.2) is 0 Å². The quantitative estimate of drug-likeness (QED) is 0.500. The van der Waals surface area contributed by atoms with E-state index in [9.17, 15) is 0 Å². The molecule has 0 spiro atoms. The lowest BCUT2D eigenvalue weighted by molar-refractivity contribution is 0.248. The number of aliphatic hydroxyl groups is 1. The topological polar surface area (TPSA) is 46.2 Å². The second-order valence-electron chi connectivity index (χ2n) is 1.58. The largest absolute Gasteiger partial charge is 0.396 e. The van der Waals surface area contributed by atoms with E-state index in [0.717, 1.165) is 0 Å². The minimum Gasteiger partial charge on any atom is -0.396 e. The summed E-state index contributed by atoms with van der Waals surface area (Å²) >= 11 is 0. The molecule has 0 saturated carbocycles. The third-order valence-electron chi connectivity index (χ3n) is 0.365. The van der Waals surface area contributed by atoms with Crippen LogP contribution in [0.3, 0.4) is 0 Å². The normalized spacial score (nSPS) is 7.71. The van der Waals surface area contributed by atoms with Crippen molar-refractivity contribution in [3.63, 3.8) is 0 Å². The van der Waals surface area contributed by atoms with E-state index in [2.05, 4.69) is 5.73 Å². The standard InChI is InChI=1S/C4H10O.CH5N/c1-4(2)3-5;1-2/h4-5H,3H2,1-2H3;2H2,1H3. The summed E-state index contributed by atoms with van der Waals surface area (Å²) in [5.74, 6) is 0.440. The third-order valence-corrected chi connectivity index (χ3v) is 0.365. The van der Waals surface area contributed by atoms with E-state index < -0.39 is 0 Å². The van der Waals surface area contributed by atoms with Gasteiger partial charge in [0.2, 0.25) is 0 Å². The second-order valence-corrected chi connectivity index (χ2v) is 1.58. The van der Waals surface area contributed by atoms with Crippen molar-refractivity contribution in [1.82, 2.24) is 0 Å². The Morgan fingerprint density at radius 1 is 1.43 bits per heavy atom. The van der Waals surface area contributed by atoms with Gasteiger partial charge < -0.3 is 10.8 Å². The van der Waals surface area contributed by atoms with Crippen LogP contribution in [0.25, 0.3) is 0 Å². The number of hydrogen-bond donors (Lipinski definition) is 2. The molecule has 3 N–H and O–H groups in total. The first-order chi connectivity index (χ1) is 3.27. The van der Waals surface area contributed by atoms with Gasteiger partial charge in [-0.1, -0.05) is 13.8 Å². The van der Waals surface area contributed by atoms with Crippen LogP contribution < -0.4 is 5.73 Å². The summed E-state index contributed by atoms with van der Waals surface area (Å²) in [6.45, 7) is 4.25. The first-order valence-electron chi connectivity index (χ1n) is 2.46. The first kappa shape index (κ1) is 10.0. The van der Waals surface area contributed by atoms with Crippen LogP contribution in [0, 0.1) is 5.92 Å². The highest BCUT2D eigenvalue weighted by atomic mass is 16.3. The molecule has 2 heteroatoms. The van der Waals surface area contributed by atoms with E-state index in [-0.39, 0.29) is 0 Å². The molecule has 7 heavy (non-hydrogen) atoms. The Labute approximate surface area is 45.3 Å².